The van der Waals surface area contributed by atoms with Gasteiger partial charge in [-0.1, -0.05) is 54.6 Å². The lowest BCUT2D eigenvalue weighted by atomic mass is 10.2. The molecule has 0 radical (unpaired) electrons. The van der Waals surface area contributed by atoms with Crippen LogP contribution >= 0.6 is 7.14 Å². The second-order valence-corrected chi connectivity index (χ2v) is 9.51. The average Bonchev–Trinajstić information content (AvgIpc) is 3.04. The summed E-state index contributed by atoms with van der Waals surface area (Å²) in [5.41, 5.74) is 2.02. The zero-order valence-corrected chi connectivity index (χ0v) is 16.3. The summed E-state index contributed by atoms with van der Waals surface area (Å²) in [4.78, 5) is 23.5. The van der Waals surface area contributed by atoms with Gasteiger partial charge < -0.3 is 14.9 Å². The summed E-state index contributed by atoms with van der Waals surface area (Å²) in [5, 5.41) is 3.71. The Bertz CT molecular complexity index is 933. The minimum Gasteiger partial charge on any atom is -0.329 e. The smallest absolute Gasteiger partial charge is 0.247 e. The van der Waals surface area contributed by atoms with Crippen LogP contribution in [0.15, 0.2) is 83.8 Å². The molecular formula is C21H23N2O3P. The van der Waals surface area contributed by atoms with Crippen molar-refractivity contribution < 1.29 is 9.36 Å². The summed E-state index contributed by atoms with van der Waals surface area (Å²) < 4.78 is 11.4. The number of hydrogen-bond donors (Lipinski definition) is 2. The topological polar surface area (TPSA) is 79.0 Å². The van der Waals surface area contributed by atoms with Crippen molar-refractivity contribution in [3.05, 3.63) is 94.9 Å². The Morgan fingerprint density at radius 3 is 1.93 bits per heavy atom. The fraction of sp³-hybridized carbons (Fsp3) is 0.143. The van der Waals surface area contributed by atoms with Gasteiger partial charge in [0.2, 0.25) is 11.5 Å². The van der Waals surface area contributed by atoms with Crippen molar-refractivity contribution in [3.8, 4) is 0 Å². The van der Waals surface area contributed by atoms with Crippen molar-refractivity contribution in [2.75, 3.05) is 18.6 Å². The van der Waals surface area contributed by atoms with Gasteiger partial charge in [-0.3, -0.25) is 9.59 Å². The van der Waals surface area contributed by atoms with E-state index in [0.717, 1.165) is 16.6 Å². The number of H-pyrrole nitrogens is 1. The Kier molecular flexibility index (Phi) is 7.33. The van der Waals surface area contributed by atoms with Gasteiger partial charge in [0.25, 0.3) is 0 Å². The maximum Gasteiger partial charge on any atom is 0.247 e. The number of aromatic amines is 1. The lowest BCUT2D eigenvalue weighted by Gasteiger charge is -2.04. The van der Waals surface area contributed by atoms with Gasteiger partial charge in [0.1, 0.15) is 7.14 Å². The molecule has 4 rings (SSSR count). The molecule has 5 nitrogen and oxygen atoms in total. The van der Waals surface area contributed by atoms with Crippen LogP contribution in [0.1, 0.15) is 5.56 Å². The van der Waals surface area contributed by atoms with Crippen LogP contribution < -0.4 is 16.2 Å². The van der Waals surface area contributed by atoms with Crippen LogP contribution in [0.5, 0.6) is 0 Å². The molecule has 6 heteroatoms. The van der Waals surface area contributed by atoms with E-state index in [1.165, 1.54) is 6.07 Å². The number of carbonyl (C=O) groups is 1. The van der Waals surface area contributed by atoms with E-state index in [9.17, 15) is 14.2 Å². The highest BCUT2D eigenvalue weighted by Crippen LogP contribution is 2.33. The highest BCUT2D eigenvalue weighted by Gasteiger charge is 2.15. The Morgan fingerprint density at radius 2 is 1.44 bits per heavy atom. The lowest BCUT2D eigenvalue weighted by Crippen LogP contribution is -2.03. The second-order valence-electron chi connectivity index (χ2n) is 6.30. The summed E-state index contributed by atoms with van der Waals surface area (Å²) in [7, 11) is -2.02. The zero-order chi connectivity index (χ0) is 19.7. The number of pyridine rings is 1. The van der Waals surface area contributed by atoms with Gasteiger partial charge >= 0.3 is 0 Å². The quantitative estimate of drug-likeness (QED) is 0.633. The molecule has 1 aliphatic rings. The number of hydrogen-bond acceptors (Lipinski definition) is 3. The van der Waals surface area contributed by atoms with Crippen molar-refractivity contribution in [1.82, 2.24) is 4.98 Å². The minimum absolute atomic E-state index is 0.0532. The molecule has 0 fully saturated rings. The molecular weight excluding hydrogens is 359 g/mol. The molecule has 0 saturated heterocycles. The third-order valence-corrected chi connectivity index (χ3v) is 5.24. The summed E-state index contributed by atoms with van der Waals surface area (Å²) in [6.07, 6.45) is 2.14. The van der Waals surface area contributed by atoms with Gasteiger partial charge in [-0.15, -0.1) is 0 Å². The predicted molar refractivity (Wildman–Crippen MR) is 111 cm³/mol. The number of para-hydroxylation sites is 1. The fourth-order valence-electron chi connectivity index (χ4n) is 2.33. The van der Waals surface area contributed by atoms with Crippen LogP contribution in [0.25, 0.3) is 0 Å². The highest BCUT2D eigenvalue weighted by molar-refractivity contribution is 7.70. The molecule has 0 atom stereocenters. The summed E-state index contributed by atoms with van der Waals surface area (Å²) in [6.45, 7) is 3.56. The molecule has 0 spiro atoms. The standard InChI is InChI=1S/C8H7NO.C8H11OP.C5H5NO/c10-8-5-6-3-1-2-4-7(6)9-8;1-10(2,9)8-6-4-3-5-7-8;7-5-3-1-2-4-6-5/h1-4H,5H2,(H,9,10);3-7H,1-2H3;1-4H,(H,6,7). The van der Waals surface area contributed by atoms with E-state index in [0.29, 0.717) is 6.42 Å². The van der Waals surface area contributed by atoms with E-state index < -0.39 is 7.14 Å². The molecule has 0 unspecified atom stereocenters. The normalized spacial score (nSPS) is 11.9. The predicted octanol–water partition coefficient (Wildman–Crippen LogP) is 3.49. The number of fused-ring (bicyclic) bond motifs is 1. The third-order valence-electron chi connectivity index (χ3n) is 3.70. The van der Waals surface area contributed by atoms with E-state index in [2.05, 4.69) is 10.3 Å². The summed E-state index contributed by atoms with van der Waals surface area (Å²) in [6, 6.07) is 22.2. The SMILES string of the molecule is CP(C)(=O)c1ccccc1.O=C1Cc2ccccc2N1.O=c1cccc[nH]1. The minimum atomic E-state index is -2.02. The van der Waals surface area contributed by atoms with E-state index in [4.69, 9.17) is 0 Å². The molecule has 2 heterocycles. The number of rotatable bonds is 1. The highest BCUT2D eigenvalue weighted by atomic mass is 31.2. The van der Waals surface area contributed by atoms with Crippen LogP contribution in [0, 0.1) is 0 Å². The molecule has 0 aliphatic carbocycles. The number of benzene rings is 2. The lowest BCUT2D eigenvalue weighted by molar-refractivity contribution is -0.115. The van der Waals surface area contributed by atoms with Crippen molar-refractivity contribution in [2.45, 2.75) is 6.42 Å². The number of carbonyl (C=O) groups excluding carboxylic acids is 1. The molecule has 140 valence electrons. The maximum absolute atomic E-state index is 11.4. The number of aromatic nitrogens is 1. The van der Waals surface area contributed by atoms with Gasteiger partial charge in [-0.25, -0.2) is 0 Å². The first-order valence-electron chi connectivity index (χ1n) is 8.48. The number of anilines is 1. The Hall–Kier alpha value is -2.91. The fourth-order valence-corrected chi connectivity index (χ4v) is 3.22. The monoisotopic (exact) mass is 382 g/mol. The van der Waals surface area contributed by atoms with Crippen molar-refractivity contribution in [3.63, 3.8) is 0 Å². The first-order chi connectivity index (χ1) is 12.9. The van der Waals surface area contributed by atoms with E-state index in [1.807, 2.05) is 54.6 Å². The largest absolute Gasteiger partial charge is 0.329 e. The molecule has 1 amide bonds. The van der Waals surface area contributed by atoms with Crippen molar-refractivity contribution in [2.24, 2.45) is 0 Å². The van der Waals surface area contributed by atoms with Gasteiger partial charge in [0, 0.05) is 23.3 Å². The Balaban J connectivity index is 0.000000148. The molecule has 27 heavy (non-hydrogen) atoms. The first kappa shape index (κ1) is 20.4. The molecule has 1 aromatic heterocycles. The maximum atomic E-state index is 11.4. The van der Waals surface area contributed by atoms with E-state index in [1.54, 1.807) is 31.7 Å². The van der Waals surface area contributed by atoms with E-state index >= 15 is 0 Å². The Morgan fingerprint density at radius 1 is 0.815 bits per heavy atom. The number of amides is 1. The Labute approximate surface area is 158 Å². The van der Waals surface area contributed by atoms with Gasteiger partial charge in [0.15, 0.2) is 0 Å². The third kappa shape index (κ3) is 7.08. The first-order valence-corrected chi connectivity index (χ1v) is 11.1. The van der Waals surface area contributed by atoms with Crippen LogP contribution in [0.2, 0.25) is 0 Å². The number of nitrogens with one attached hydrogen (secondary N) is 2. The summed E-state index contributed by atoms with van der Waals surface area (Å²) >= 11 is 0. The summed E-state index contributed by atoms with van der Waals surface area (Å²) in [5.74, 6) is 0.0983. The van der Waals surface area contributed by atoms with Crippen LogP contribution in [0.4, 0.5) is 5.69 Å². The molecule has 0 bridgehead atoms. The van der Waals surface area contributed by atoms with Crippen molar-refractivity contribution >= 4 is 24.0 Å². The van der Waals surface area contributed by atoms with E-state index in [-0.39, 0.29) is 11.5 Å². The van der Waals surface area contributed by atoms with Crippen LogP contribution in [0.3, 0.4) is 0 Å². The second kappa shape index (κ2) is 9.70. The van der Waals surface area contributed by atoms with Gasteiger partial charge in [0.05, 0.1) is 6.42 Å². The molecule has 0 saturated carbocycles. The van der Waals surface area contributed by atoms with Crippen LogP contribution in [-0.2, 0) is 15.8 Å². The average molecular weight is 382 g/mol. The van der Waals surface area contributed by atoms with Gasteiger partial charge in [-0.05, 0) is 31.0 Å². The molecule has 2 N–H and O–H groups in total. The molecule has 1 aliphatic heterocycles. The van der Waals surface area contributed by atoms with Crippen LogP contribution in [-0.4, -0.2) is 24.2 Å². The molecule has 2 aromatic carbocycles. The van der Waals surface area contributed by atoms with Crippen molar-refractivity contribution in [1.29, 1.82) is 0 Å². The van der Waals surface area contributed by atoms with Gasteiger partial charge in [-0.2, -0.15) is 0 Å². The zero-order valence-electron chi connectivity index (χ0n) is 15.4. The molecule has 3 aromatic rings.